The predicted molar refractivity (Wildman–Crippen MR) is 70.9 cm³/mol. The van der Waals surface area contributed by atoms with Gasteiger partial charge in [-0.05, 0) is 5.56 Å². The zero-order valence-electron chi connectivity index (χ0n) is 10.4. The highest BCUT2D eigenvalue weighted by atomic mass is 16.5. The van der Waals surface area contributed by atoms with Gasteiger partial charge < -0.3 is 14.7 Å². The molecule has 1 aromatic rings. The molecule has 18 heavy (non-hydrogen) atoms. The molecule has 0 spiro atoms. The summed E-state index contributed by atoms with van der Waals surface area (Å²) in [5.74, 6) is 0. The lowest BCUT2D eigenvalue weighted by molar-refractivity contribution is -0.00706. The van der Waals surface area contributed by atoms with Gasteiger partial charge in [0.15, 0.2) is 0 Å². The van der Waals surface area contributed by atoms with Crippen molar-refractivity contribution in [1.29, 1.82) is 0 Å². The van der Waals surface area contributed by atoms with Crippen LogP contribution in [0.2, 0.25) is 0 Å². The fraction of sp³-hybridized carbons (Fsp3) is 0.357. The number of oxime groups is 1. The van der Waals surface area contributed by atoms with Crippen LogP contribution in [0.25, 0.3) is 0 Å². The zero-order valence-corrected chi connectivity index (χ0v) is 10.4. The summed E-state index contributed by atoms with van der Waals surface area (Å²) >= 11 is 0. The fourth-order valence-electron chi connectivity index (χ4n) is 1.44. The summed E-state index contributed by atoms with van der Waals surface area (Å²) in [4.78, 5) is 0. The average molecular weight is 249 g/mol. The minimum absolute atomic E-state index is 0.123. The second-order valence-electron chi connectivity index (χ2n) is 3.78. The maximum Gasteiger partial charge on any atom is 0.0863 e. The minimum atomic E-state index is -0.123. The van der Waals surface area contributed by atoms with E-state index in [2.05, 4.69) is 11.7 Å². The summed E-state index contributed by atoms with van der Waals surface area (Å²) in [5.41, 5.74) is 1.12. The molecule has 0 aliphatic carbocycles. The van der Waals surface area contributed by atoms with Gasteiger partial charge in [0.1, 0.15) is 0 Å². The van der Waals surface area contributed by atoms with E-state index in [-0.39, 0.29) is 6.10 Å². The Labute approximate surface area is 108 Å². The third-order valence-corrected chi connectivity index (χ3v) is 2.32. The Morgan fingerprint density at radius 2 is 2.11 bits per heavy atom. The quantitative estimate of drug-likeness (QED) is 0.317. The van der Waals surface area contributed by atoms with Crippen LogP contribution in [0.3, 0.4) is 0 Å². The van der Waals surface area contributed by atoms with Crippen molar-refractivity contribution in [3.63, 3.8) is 0 Å². The summed E-state index contributed by atoms with van der Waals surface area (Å²) in [7, 11) is 0. The van der Waals surface area contributed by atoms with Gasteiger partial charge in [0, 0.05) is 12.6 Å². The largest absolute Gasteiger partial charge is 0.411 e. The maximum absolute atomic E-state index is 8.40. The van der Waals surface area contributed by atoms with Crippen LogP contribution in [0.5, 0.6) is 0 Å². The third-order valence-electron chi connectivity index (χ3n) is 2.32. The van der Waals surface area contributed by atoms with Crippen molar-refractivity contribution in [2.45, 2.75) is 19.1 Å². The second-order valence-corrected chi connectivity index (χ2v) is 3.78. The monoisotopic (exact) mass is 249 g/mol. The van der Waals surface area contributed by atoms with Gasteiger partial charge in [0.2, 0.25) is 0 Å². The Bertz CT molecular complexity index is 351. The molecule has 0 bridgehead atoms. The highest BCUT2D eigenvalue weighted by Crippen LogP contribution is 2.04. The van der Waals surface area contributed by atoms with Gasteiger partial charge in [0.05, 0.1) is 25.9 Å². The van der Waals surface area contributed by atoms with Crippen molar-refractivity contribution in [3.05, 3.63) is 48.6 Å². The lowest BCUT2D eigenvalue weighted by Gasteiger charge is -2.15. The molecule has 0 saturated heterocycles. The second kappa shape index (κ2) is 9.39. The van der Waals surface area contributed by atoms with E-state index in [0.29, 0.717) is 26.2 Å². The molecular weight excluding hydrogens is 230 g/mol. The van der Waals surface area contributed by atoms with E-state index in [4.69, 9.17) is 14.7 Å². The third kappa shape index (κ3) is 6.18. The van der Waals surface area contributed by atoms with Crippen LogP contribution >= 0.6 is 0 Å². The van der Waals surface area contributed by atoms with Crippen molar-refractivity contribution in [1.82, 2.24) is 0 Å². The van der Waals surface area contributed by atoms with Crippen LogP contribution in [-0.2, 0) is 16.1 Å². The number of nitrogens with zero attached hydrogens (tertiary/aromatic N) is 1. The number of rotatable bonds is 9. The van der Waals surface area contributed by atoms with Gasteiger partial charge in [-0.3, -0.25) is 0 Å². The highest BCUT2D eigenvalue weighted by Gasteiger charge is 2.07. The van der Waals surface area contributed by atoms with Crippen LogP contribution in [0.15, 0.2) is 48.1 Å². The Hall–Kier alpha value is -1.65. The van der Waals surface area contributed by atoms with E-state index < -0.39 is 0 Å². The molecule has 4 heteroatoms. The first kappa shape index (κ1) is 14.4. The molecule has 1 rings (SSSR count). The van der Waals surface area contributed by atoms with Crippen molar-refractivity contribution in [2.75, 3.05) is 13.2 Å². The van der Waals surface area contributed by atoms with E-state index in [9.17, 15) is 0 Å². The van der Waals surface area contributed by atoms with E-state index in [1.54, 1.807) is 6.08 Å². The van der Waals surface area contributed by atoms with Gasteiger partial charge in [-0.1, -0.05) is 36.4 Å². The molecule has 0 unspecified atom stereocenters. The zero-order chi connectivity index (χ0) is 13.1. The predicted octanol–water partition coefficient (Wildman–Crippen LogP) is 2.62. The van der Waals surface area contributed by atoms with Gasteiger partial charge in [-0.15, -0.1) is 11.7 Å². The van der Waals surface area contributed by atoms with Crippen LogP contribution in [0.1, 0.15) is 12.0 Å². The average Bonchev–Trinajstić information content (AvgIpc) is 2.42. The van der Waals surface area contributed by atoms with Gasteiger partial charge in [-0.2, -0.15) is 0 Å². The molecule has 0 radical (unpaired) electrons. The van der Waals surface area contributed by atoms with Crippen molar-refractivity contribution >= 4 is 6.21 Å². The normalized spacial score (nSPS) is 12.7. The molecule has 0 aliphatic heterocycles. The molecule has 0 fully saturated rings. The number of hydrogen-bond acceptors (Lipinski definition) is 4. The van der Waals surface area contributed by atoms with E-state index in [0.717, 1.165) is 5.56 Å². The molecule has 1 aromatic carbocycles. The Balaban J connectivity index is 2.29. The van der Waals surface area contributed by atoms with E-state index >= 15 is 0 Å². The molecule has 1 atom stereocenters. The lowest BCUT2D eigenvalue weighted by Crippen LogP contribution is -2.20. The first-order valence-corrected chi connectivity index (χ1v) is 5.87. The summed E-state index contributed by atoms with van der Waals surface area (Å²) in [6, 6.07) is 9.94. The van der Waals surface area contributed by atoms with Crippen LogP contribution in [0.4, 0.5) is 0 Å². The van der Waals surface area contributed by atoms with Crippen LogP contribution < -0.4 is 0 Å². The summed E-state index contributed by atoms with van der Waals surface area (Å²) in [5, 5.41) is 11.4. The van der Waals surface area contributed by atoms with Gasteiger partial charge in [-0.25, -0.2) is 0 Å². The Morgan fingerprint density at radius 1 is 1.33 bits per heavy atom. The van der Waals surface area contributed by atoms with Crippen LogP contribution in [-0.4, -0.2) is 30.7 Å². The summed E-state index contributed by atoms with van der Waals surface area (Å²) in [6.07, 6.45) is 3.47. The number of benzene rings is 1. The number of hydrogen-bond donors (Lipinski definition) is 1. The standard InChI is InChI=1S/C14H19NO3/c1-2-10-18-14(8-9-15-16)12-17-11-13-6-4-3-5-7-13/h2-7,9,14,16H,1,8,10-12H2/b15-9-/t14-/m1/s1. The first-order valence-electron chi connectivity index (χ1n) is 5.87. The van der Waals surface area contributed by atoms with E-state index in [1.165, 1.54) is 6.21 Å². The summed E-state index contributed by atoms with van der Waals surface area (Å²) in [6.45, 7) is 5.05. The van der Waals surface area contributed by atoms with Crippen molar-refractivity contribution in [3.8, 4) is 0 Å². The SMILES string of the molecule is C=CCO[C@H](C/C=N\O)COCc1ccccc1. The van der Waals surface area contributed by atoms with Crippen molar-refractivity contribution < 1.29 is 14.7 Å². The van der Waals surface area contributed by atoms with E-state index in [1.807, 2.05) is 30.3 Å². The fourth-order valence-corrected chi connectivity index (χ4v) is 1.44. The maximum atomic E-state index is 8.40. The molecule has 0 amide bonds. The molecule has 0 saturated carbocycles. The topological polar surface area (TPSA) is 51.0 Å². The smallest absolute Gasteiger partial charge is 0.0863 e. The molecule has 1 N–H and O–H groups in total. The molecule has 4 nitrogen and oxygen atoms in total. The number of ether oxygens (including phenoxy) is 2. The van der Waals surface area contributed by atoms with Crippen LogP contribution in [0, 0.1) is 0 Å². The molecule has 98 valence electrons. The summed E-state index contributed by atoms with van der Waals surface area (Å²) < 4.78 is 11.1. The Kier molecular flexibility index (Phi) is 7.52. The Morgan fingerprint density at radius 3 is 2.78 bits per heavy atom. The minimum Gasteiger partial charge on any atom is -0.411 e. The molecule has 0 heterocycles. The first-order chi connectivity index (χ1) is 8.86. The van der Waals surface area contributed by atoms with Gasteiger partial charge >= 0.3 is 0 Å². The van der Waals surface area contributed by atoms with Gasteiger partial charge in [0.25, 0.3) is 0 Å². The van der Waals surface area contributed by atoms with Crippen molar-refractivity contribution in [2.24, 2.45) is 5.16 Å². The lowest BCUT2D eigenvalue weighted by atomic mass is 10.2. The molecule has 0 aliphatic rings. The highest BCUT2D eigenvalue weighted by molar-refractivity contribution is 5.56. The molecule has 0 aromatic heterocycles. The molecular formula is C14H19NO3.